The summed E-state index contributed by atoms with van der Waals surface area (Å²) in [7, 11) is 0. The Morgan fingerprint density at radius 1 is 1.54 bits per heavy atom. The molecule has 0 radical (unpaired) electrons. The molecule has 1 aromatic carbocycles. The van der Waals surface area contributed by atoms with Crippen molar-refractivity contribution in [3.8, 4) is 5.75 Å². The van der Waals surface area contributed by atoms with Crippen LogP contribution in [0, 0.1) is 5.82 Å². The molecule has 13 heavy (non-hydrogen) atoms. The van der Waals surface area contributed by atoms with Gasteiger partial charge >= 0.3 is 0 Å². The predicted molar refractivity (Wildman–Crippen MR) is 51.2 cm³/mol. The van der Waals surface area contributed by atoms with Crippen molar-refractivity contribution in [1.29, 1.82) is 0 Å². The molecule has 0 spiro atoms. The summed E-state index contributed by atoms with van der Waals surface area (Å²) in [6, 6.07) is 2.94. The Morgan fingerprint density at radius 2 is 2.23 bits per heavy atom. The van der Waals surface area contributed by atoms with E-state index in [4.69, 9.17) is 9.84 Å². The first-order chi connectivity index (χ1) is 6.19. The molecule has 0 heterocycles. The summed E-state index contributed by atoms with van der Waals surface area (Å²) in [6.45, 7) is 1.90. The Kier molecular flexibility index (Phi) is 3.69. The molecular weight excluding hydrogens is 239 g/mol. The van der Waals surface area contributed by atoms with Crippen LogP contribution in [0.1, 0.15) is 12.5 Å². The molecule has 0 aliphatic heterocycles. The fourth-order valence-corrected chi connectivity index (χ4v) is 1.43. The summed E-state index contributed by atoms with van der Waals surface area (Å²) in [5.74, 6) is -0.0720. The van der Waals surface area contributed by atoms with Crippen molar-refractivity contribution >= 4 is 15.9 Å². The number of rotatable bonds is 3. The molecule has 0 aliphatic carbocycles. The minimum Gasteiger partial charge on any atom is -0.493 e. The van der Waals surface area contributed by atoms with Crippen LogP contribution in [0.25, 0.3) is 0 Å². The zero-order valence-corrected chi connectivity index (χ0v) is 8.77. The van der Waals surface area contributed by atoms with Crippen LogP contribution in [-0.2, 0) is 6.61 Å². The van der Waals surface area contributed by atoms with Gasteiger partial charge in [0.15, 0.2) is 0 Å². The normalized spacial score (nSPS) is 10.2. The molecule has 0 aromatic heterocycles. The third-order valence-electron chi connectivity index (χ3n) is 1.58. The molecule has 0 fully saturated rings. The van der Waals surface area contributed by atoms with E-state index in [1.807, 2.05) is 0 Å². The third kappa shape index (κ3) is 2.42. The molecule has 0 atom stereocenters. The summed E-state index contributed by atoms with van der Waals surface area (Å²) in [4.78, 5) is 0. The molecule has 0 saturated heterocycles. The first kappa shape index (κ1) is 10.5. The molecule has 72 valence electrons. The second-order valence-corrected chi connectivity index (χ2v) is 3.37. The Bertz CT molecular complexity index is 302. The molecule has 1 rings (SSSR count). The Balaban J connectivity index is 3.13. The van der Waals surface area contributed by atoms with E-state index in [2.05, 4.69) is 15.9 Å². The Morgan fingerprint density at radius 3 is 2.77 bits per heavy atom. The zero-order valence-electron chi connectivity index (χ0n) is 7.18. The highest BCUT2D eigenvalue weighted by atomic mass is 79.9. The van der Waals surface area contributed by atoms with E-state index in [0.29, 0.717) is 16.8 Å². The number of hydrogen-bond acceptors (Lipinski definition) is 2. The van der Waals surface area contributed by atoms with Crippen LogP contribution >= 0.6 is 15.9 Å². The van der Waals surface area contributed by atoms with E-state index < -0.39 is 5.82 Å². The molecular formula is C9H10BrFO2. The van der Waals surface area contributed by atoms with E-state index in [9.17, 15) is 4.39 Å². The standard InChI is InChI=1S/C9H10BrFO2/c1-2-13-9-4-6(10)3-8(11)7(9)5-12/h3-4,12H,2,5H2,1H3. The van der Waals surface area contributed by atoms with Crippen molar-refractivity contribution in [2.24, 2.45) is 0 Å². The summed E-state index contributed by atoms with van der Waals surface area (Å²) in [5, 5.41) is 8.88. The summed E-state index contributed by atoms with van der Waals surface area (Å²) < 4.78 is 18.9. The molecule has 2 nitrogen and oxygen atoms in total. The highest BCUT2D eigenvalue weighted by molar-refractivity contribution is 9.10. The smallest absolute Gasteiger partial charge is 0.133 e. The van der Waals surface area contributed by atoms with Crippen LogP contribution in [-0.4, -0.2) is 11.7 Å². The van der Waals surface area contributed by atoms with Gasteiger partial charge in [-0.3, -0.25) is 0 Å². The second kappa shape index (κ2) is 4.58. The monoisotopic (exact) mass is 248 g/mol. The molecule has 1 N–H and O–H groups in total. The number of aliphatic hydroxyl groups is 1. The molecule has 0 saturated carbocycles. The van der Waals surface area contributed by atoms with Gasteiger partial charge in [-0.05, 0) is 19.1 Å². The van der Waals surface area contributed by atoms with E-state index in [1.54, 1.807) is 13.0 Å². The lowest BCUT2D eigenvalue weighted by Crippen LogP contribution is -1.99. The largest absolute Gasteiger partial charge is 0.493 e. The minimum atomic E-state index is -0.458. The van der Waals surface area contributed by atoms with Gasteiger partial charge in [0.25, 0.3) is 0 Å². The van der Waals surface area contributed by atoms with Gasteiger partial charge in [-0.15, -0.1) is 0 Å². The van der Waals surface area contributed by atoms with Gasteiger partial charge in [-0.25, -0.2) is 4.39 Å². The van der Waals surface area contributed by atoms with E-state index in [-0.39, 0.29) is 12.2 Å². The maximum atomic E-state index is 13.2. The lowest BCUT2D eigenvalue weighted by Gasteiger charge is -2.09. The first-order valence-corrected chi connectivity index (χ1v) is 4.70. The van der Waals surface area contributed by atoms with Gasteiger partial charge in [0.1, 0.15) is 11.6 Å². The van der Waals surface area contributed by atoms with Crippen molar-refractivity contribution in [2.75, 3.05) is 6.61 Å². The Labute approximate surface area is 84.5 Å². The topological polar surface area (TPSA) is 29.5 Å². The average molecular weight is 249 g/mol. The molecule has 0 aliphatic rings. The van der Waals surface area contributed by atoms with E-state index in [0.717, 1.165) is 0 Å². The lowest BCUT2D eigenvalue weighted by atomic mass is 10.2. The number of aliphatic hydroxyl groups excluding tert-OH is 1. The zero-order chi connectivity index (χ0) is 9.84. The number of halogens is 2. The summed E-state index contributed by atoms with van der Waals surface area (Å²) >= 11 is 3.14. The number of hydrogen-bond donors (Lipinski definition) is 1. The van der Waals surface area contributed by atoms with Crippen LogP contribution in [0.3, 0.4) is 0 Å². The van der Waals surface area contributed by atoms with Crippen LogP contribution in [0.4, 0.5) is 4.39 Å². The lowest BCUT2D eigenvalue weighted by molar-refractivity contribution is 0.260. The predicted octanol–water partition coefficient (Wildman–Crippen LogP) is 2.48. The fraction of sp³-hybridized carbons (Fsp3) is 0.333. The van der Waals surface area contributed by atoms with Crippen LogP contribution in [0.2, 0.25) is 0 Å². The number of benzene rings is 1. The second-order valence-electron chi connectivity index (χ2n) is 2.46. The maximum absolute atomic E-state index is 13.2. The Hall–Kier alpha value is -0.610. The SMILES string of the molecule is CCOc1cc(Br)cc(F)c1CO. The van der Waals surface area contributed by atoms with Crippen molar-refractivity contribution in [3.63, 3.8) is 0 Å². The molecule has 0 unspecified atom stereocenters. The van der Waals surface area contributed by atoms with E-state index in [1.165, 1.54) is 6.07 Å². The molecule has 4 heteroatoms. The molecule has 0 bridgehead atoms. The van der Waals surface area contributed by atoms with Crippen molar-refractivity contribution in [2.45, 2.75) is 13.5 Å². The highest BCUT2D eigenvalue weighted by Crippen LogP contribution is 2.26. The van der Waals surface area contributed by atoms with E-state index >= 15 is 0 Å². The fourth-order valence-electron chi connectivity index (χ4n) is 1.02. The van der Waals surface area contributed by atoms with Gasteiger partial charge in [0.05, 0.1) is 18.8 Å². The number of ether oxygens (including phenoxy) is 1. The van der Waals surface area contributed by atoms with Crippen molar-refractivity contribution < 1.29 is 14.2 Å². The third-order valence-corrected chi connectivity index (χ3v) is 2.04. The molecule has 1 aromatic rings. The first-order valence-electron chi connectivity index (χ1n) is 3.90. The van der Waals surface area contributed by atoms with Crippen LogP contribution < -0.4 is 4.74 Å². The van der Waals surface area contributed by atoms with Crippen molar-refractivity contribution in [1.82, 2.24) is 0 Å². The average Bonchev–Trinajstić information content (AvgIpc) is 2.04. The van der Waals surface area contributed by atoms with Gasteiger partial charge < -0.3 is 9.84 Å². The van der Waals surface area contributed by atoms with Gasteiger partial charge in [0, 0.05) is 4.47 Å². The quantitative estimate of drug-likeness (QED) is 0.891. The van der Waals surface area contributed by atoms with Gasteiger partial charge in [0.2, 0.25) is 0 Å². The minimum absolute atomic E-state index is 0.199. The maximum Gasteiger partial charge on any atom is 0.133 e. The van der Waals surface area contributed by atoms with Gasteiger partial charge in [-0.1, -0.05) is 15.9 Å². The highest BCUT2D eigenvalue weighted by Gasteiger charge is 2.09. The van der Waals surface area contributed by atoms with Crippen molar-refractivity contribution in [3.05, 3.63) is 28.0 Å². The summed E-state index contributed by atoms with van der Waals surface area (Å²) in [5.41, 5.74) is 0.199. The van der Waals surface area contributed by atoms with Crippen LogP contribution in [0.15, 0.2) is 16.6 Å². The van der Waals surface area contributed by atoms with Gasteiger partial charge in [-0.2, -0.15) is 0 Å². The van der Waals surface area contributed by atoms with Crippen LogP contribution in [0.5, 0.6) is 5.75 Å². The molecule has 0 amide bonds. The summed E-state index contributed by atoms with van der Waals surface area (Å²) in [6.07, 6.45) is 0.